The van der Waals surface area contributed by atoms with Crippen molar-refractivity contribution in [1.82, 2.24) is 9.80 Å². The Balaban J connectivity index is 1.54. The van der Waals surface area contributed by atoms with Gasteiger partial charge in [-0.15, -0.1) is 0 Å². The van der Waals surface area contributed by atoms with Crippen LogP contribution in [-0.4, -0.2) is 92.7 Å². The number of para-hydroxylation sites is 1. The monoisotopic (exact) mass is 534 g/mol. The van der Waals surface area contributed by atoms with Gasteiger partial charge in [-0.2, -0.15) is 0 Å². The summed E-state index contributed by atoms with van der Waals surface area (Å²) in [5, 5.41) is 9.12. The molecule has 2 saturated heterocycles. The molecule has 196 valence electrons. The van der Waals surface area contributed by atoms with Gasteiger partial charge in [-0.25, -0.2) is 17.2 Å². The van der Waals surface area contributed by atoms with Gasteiger partial charge in [0, 0.05) is 50.0 Å². The van der Waals surface area contributed by atoms with Crippen LogP contribution in [0.25, 0.3) is 0 Å². The average molecular weight is 535 g/mol. The first-order valence-corrected chi connectivity index (χ1v) is 13.3. The van der Waals surface area contributed by atoms with Gasteiger partial charge in [0.25, 0.3) is 10.8 Å². The van der Waals surface area contributed by atoms with Gasteiger partial charge in [0.05, 0.1) is 12.3 Å². The van der Waals surface area contributed by atoms with Gasteiger partial charge >= 0.3 is 0 Å². The zero-order chi connectivity index (χ0) is 26.5. The van der Waals surface area contributed by atoms with E-state index in [0.717, 1.165) is 17.0 Å². The highest BCUT2D eigenvalue weighted by molar-refractivity contribution is 7.94. The minimum Gasteiger partial charge on any atom is -0.395 e. The fraction of sp³-hybridized carbons (Fsp3) is 0.375. The number of amides is 3. The van der Waals surface area contributed by atoms with Gasteiger partial charge in [0.15, 0.2) is 21.5 Å². The third-order valence-corrected chi connectivity index (χ3v) is 9.12. The summed E-state index contributed by atoms with van der Waals surface area (Å²) in [5.41, 5.74) is -0.178. The number of hydrogen-bond donors (Lipinski definition) is 1. The molecule has 0 radical (unpaired) electrons. The fourth-order valence-electron chi connectivity index (χ4n) is 5.27. The van der Waals surface area contributed by atoms with E-state index in [1.54, 1.807) is 11.0 Å². The Kier molecular flexibility index (Phi) is 6.24. The number of carbonyl (C=O) groups is 3. The molecule has 1 atom stereocenters. The van der Waals surface area contributed by atoms with Crippen LogP contribution in [0, 0.1) is 11.6 Å². The van der Waals surface area contributed by atoms with Crippen molar-refractivity contribution in [2.45, 2.75) is 4.87 Å². The molecular weight excluding hydrogens is 510 g/mol. The van der Waals surface area contributed by atoms with E-state index < -0.39 is 56.4 Å². The number of anilines is 2. The van der Waals surface area contributed by atoms with Crippen molar-refractivity contribution in [2.75, 3.05) is 61.4 Å². The highest BCUT2D eigenvalue weighted by Crippen LogP contribution is 2.52. The van der Waals surface area contributed by atoms with Gasteiger partial charge in [-0.3, -0.25) is 29.1 Å². The Morgan fingerprint density at radius 1 is 1.00 bits per heavy atom. The summed E-state index contributed by atoms with van der Waals surface area (Å²) >= 11 is 0. The van der Waals surface area contributed by atoms with Crippen molar-refractivity contribution in [3.8, 4) is 0 Å². The average Bonchev–Trinajstić information content (AvgIpc) is 3.24. The van der Waals surface area contributed by atoms with E-state index in [2.05, 4.69) is 0 Å². The molecule has 2 aromatic rings. The quantitative estimate of drug-likeness (QED) is 0.577. The van der Waals surface area contributed by atoms with Crippen LogP contribution >= 0.6 is 0 Å². The van der Waals surface area contributed by atoms with Crippen LogP contribution in [0.15, 0.2) is 42.5 Å². The lowest BCUT2D eigenvalue weighted by Gasteiger charge is -2.35. The molecule has 1 N–H and O–H groups in total. The second kappa shape index (κ2) is 9.15. The van der Waals surface area contributed by atoms with E-state index in [1.165, 1.54) is 18.2 Å². The zero-order valence-corrected chi connectivity index (χ0v) is 20.5. The SMILES string of the molecule is O=C(CN1C(=O)C2(c3ccccc31)N(c1ccc(F)c(F)c1)C(=O)CS2(=O)=O)N1CCN(CCO)CC1. The third-order valence-electron chi connectivity index (χ3n) is 7.02. The molecular formula is C24H24F2N4O6S. The van der Waals surface area contributed by atoms with Crippen molar-refractivity contribution in [2.24, 2.45) is 0 Å². The Bertz CT molecular complexity index is 1400. The van der Waals surface area contributed by atoms with Crippen molar-refractivity contribution in [3.05, 3.63) is 59.7 Å². The number of carbonyl (C=O) groups excluding carboxylic acids is 3. The summed E-state index contributed by atoms with van der Waals surface area (Å²) in [5.74, 6) is -5.93. The van der Waals surface area contributed by atoms with E-state index in [9.17, 15) is 31.6 Å². The molecule has 2 aromatic carbocycles. The molecule has 10 nitrogen and oxygen atoms in total. The van der Waals surface area contributed by atoms with Gasteiger partial charge in [-0.05, 0) is 18.2 Å². The fourth-order valence-corrected chi connectivity index (χ4v) is 7.30. The summed E-state index contributed by atoms with van der Waals surface area (Å²) in [6, 6.07) is 8.40. The van der Waals surface area contributed by atoms with Crippen molar-refractivity contribution < 1.29 is 36.7 Å². The second-order valence-corrected chi connectivity index (χ2v) is 11.2. The van der Waals surface area contributed by atoms with Crippen molar-refractivity contribution >= 4 is 38.9 Å². The van der Waals surface area contributed by atoms with Crippen molar-refractivity contribution in [1.29, 1.82) is 0 Å². The van der Waals surface area contributed by atoms with E-state index in [0.29, 0.717) is 43.7 Å². The van der Waals surface area contributed by atoms with E-state index >= 15 is 0 Å². The standard InChI is InChI=1S/C24H24F2N4O6S/c25-18-6-5-16(13-19(18)26)30-22(33)15-37(35,36)24(30)17-3-1-2-4-20(17)29(23(24)34)14-21(32)28-9-7-27(8-10-28)11-12-31/h1-6,13,31H,7-12,14-15H2. The topological polar surface area (TPSA) is 119 Å². The molecule has 37 heavy (non-hydrogen) atoms. The number of rotatable bonds is 5. The lowest BCUT2D eigenvalue weighted by Crippen LogP contribution is -2.56. The molecule has 5 rings (SSSR count). The molecule has 3 aliphatic rings. The predicted molar refractivity (Wildman–Crippen MR) is 128 cm³/mol. The molecule has 3 aliphatic heterocycles. The van der Waals surface area contributed by atoms with E-state index in [1.807, 2.05) is 4.90 Å². The summed E-state index contributed by atoms with van der Waals surface area (Å²) < 4.78 is 54.8. The second-order valence-electron chi connectivity index (χ2n) is 9.09. The molecule has 0 bridgehead atoms. The number of aliphatic hydroxyl groups excluding tert-OH is 1. The number of halogens is 2. The first kappa shape index (κ1) is 25.2. The molecule has 2 fully saturated rings. The van der Waals surface area contributed by atoms with Gasteiger partial charge in [-0.1, -0.05) is 18.2 Å². The van der Waals surface area contributed by atoms with Crippen LogP contribution in [0.4, 0.5) is 20.2 Å². The third kappa shape index (κ3) is 3.80. The van der Waals surface area contributed by atoms with Gasteiger partial charge in [0.1, 0.15) is 12.3 Å². The highest BCUT2D eigenvalue weighted by atomic mass is 32.2. The number of nitrogens with zero attached hydrogens (tertiary/aromatic N) is 4. The normalized spacial score (nSPS) is 23.3. The summed E-state index contributed by atoms with van der Waals surface area (Å²) in [7, 11) is -4.51. The number of β-amino-alcohol motifs (C(OH)–C–C–N with tert-alkyl or cyclic N) is 1. The Morgan fingerprint density at radius 3 is 2.38 bits per heavy atom. The minimum atomic E-state index is -4.51. The number of fused-ring (bicyclic) bond motifs is 2. The molecule has 1 spiro atoms. The summed E-state index contributed by atoms with van der Waals surface area (Å²) in [6.07, 6.45) is 0. The number of sulfone groups is 1. The molecule has 0 aromatic heterocycles. The van der Waals surface area contributed by atoms with Crippen LogP contribution < -0.4 is 9.80 Å². The Morgan fingerprint density at radius 2 is 1.70 bits per heavy atom. The molecule has 3 amide bonds. The maximum atomic E-state index is 14.1. The molecule has 13 heteroatoms. The van der Waals surface area contributed by atoms with Crippen LogP contribution in [-0.2, 0) is 29.1 Å². The first-order chi connectivity index (χ1) is 17.6. The number of hydrogen-bond acceptors (Lipinski definition) is 7. The van der Waals surface area contributed by atoms with Crippen LogP contribution in [0.2, 0.25) is 0 Å². The van der Waals surface area contributed by atoms with Crippen LogP contribution in [0.5, 0.6) is 0 Å². The van der Waals surface area contributed by atoms with Gasteiger partial charge < -0.3 is 10.0 Å². The van der Waals surface area contributed by atoms with Gasteiger partial charge in [0.2, 0.25) is 11.8 Å². The molecule has 3 heterocycles. The minimum absolute atomic E-state index is 0.00323. The maximum absolute atomic E-state index is 14.1. The largest absolute Gasteiger partial charge is 0.395 e. The van der Waals surface area contributed by atoms with Crippen LogP contribution in [0.3, 0.4) is 0 Å². The van der Waals surface area contributed by atoms with Crippen LogP contribution in [0.1, 0.15) is 5.56 Å². The Hall–Kier alpha value is -3.42. The van der Waals surface area contributed by atoms with Crippen molar-refractivity contribution in [3.63, 3.8) is 0 Å². The lowest BCUT2D eigenvalue weighted by molar-refractivity contribution is -0.133. The number of benzene rings is 2. The number of aliphatic hydroxyl groups is 1. The molecule has 1 unspecified atom stereocenters. The first-order valence-electron chi connectivity index (χ1n) is 11.6. The lowest BCUT2D eigenvalue weighted by atomic mass is 10.0. The molecule has 0 saturated carbocycles. The van der Waals surface area contributed by atoms with E-state index in [4.69, 9.17) is 5.11 Å². The van der Waals surface area contributed by atoms with E-state index in [-0.39, 0.29) is 23.5 Å². The highest BCUT2D eigenvalue weighted by Gasteiger charge is 2.69. The summed E-state index contributed by atoms with van der Waals surface area (Å²) in [4.78, 5) is 43.0. The maximum Gasteiger partial charge on any atom is 0.274 e. The molecule has 0 aliphatic carbocycles. The zero-order valence-electron chi connectivity index (χ0n) is 19.6. The smallest absolute Gasteiger partial charge is 0.274 e. The predicted octanol–water partition coefficient (Wildman–Crippen LogP) is 0.0623. The summed E-state index contributed by atoms with van der Waals surface area (Å²) in [6.45, 7) is 1.82. The Labute approximate surface area is 211 Å². The number of piperazine rings is 1.